The first-order chi connectivity index (χ1) is 11.9. The molecule has 1 aromatic carbocycles. The number of rotatable bonds is 9. The summed E-state index contributed by atoms with van der Waals surface area (Å²) in [5.74, 6) is 0.820. The lowest BCUT2D eigenvalue weighted by atomic mass is 10.2. The third kappa shape index (κ3) is 6.38. The fraction of sp³-hybridized carbons (Fsp3) is 0.579. The van der Waals surface area contributed by atoms with Crippen molar-refractivity contribution in [3.8, 4) is 5.75 Å². The molecule has 1 aliphatic carbocycles. The van der Waals surface area contributed by atoms with Gasteiger partial charge in [-0.25, -0.2) is 0 Å². The molecule has 0 aliphatic heterocycles. The molecule has 0 spiro atoms. The Labute approximate surface area is 150 Å². The third-order valence-corrected chi connectivity index (χ3v) is 4.09. The summed E-state index contributed by atoms with van der Waals surface area (Å²) in [5, 5.41) is 2.84. The minimum Gasteiger partial charge on any atom is -0.497 e. The van der Waals surface area contributed by atoms with E-state index in [1.54, 1.807) is 19.1 Å². The molecular formula is C19H29N3O3. The molecule has 1 aromatic rings. The number of ether oxygens (including phenoxy) is 1. The van der Waals surface area contributed by atoms with Crippen LogP contribution < -0.4 is 10.1 Å². The van der Waals surface area contributed by atoms with Gasteiger partial charge < -0.3 is 15.0 Å². The average molecular weight is 347 g/mol. The summed E-state index contributed by atoms with van der Waals surface area (Å²) in [7, 11) is 3.44. The standard InChI is InChI=1S/C19H29N3O3/c1-14(2)20-18(23)12-21(3)13-19(24)22(16-7-8-16)11-15-5-9-17(25-4)10-6-15/h5-6,9-10,14,16H,7-8,11-13H2,1-4H3,(H,20,23). The molecule has 0 atom stereocenters. The second kappa shape index (κ2) is 8.85. The molecule has 1 N–H and O–H groups in total. The van der Waals surface area contributed by atoms with E-state index in [2.05, 4.69) is 5.32 Å². The number of nitrogens with one attached hydrogen (secondary N) is 1. The van der Waals surface area contributed by atoms with E-state index in [0.29, 0.717) is 12.6 Å². The Morgan fingerprint density at radius 2 is 1.84 bits per heavy atom. The number of benzene rings is 1. The Morgan fingerprint density at radius 1 is 1.20 bits per heavy atom. The molecule has 0 radical (unpaired) electrons. The molecule has 0 unspecified atom stereocenters. The van der Waals surface area contributed by atoms with Crippen LogP contribution in [0.3, 0.4) is 0 Å². The number of amides is 2. The number of nitrogens with zero attached hydrogens (tertiary/aromatic N) is 2. The molecule has 0 aromatic heterocycles. The van der Waals surface area contributed by atoms with E-state index in [-0.39, 0.29) is 30.9 Å². The number of carbonyl (C=O) groups excluding carboxylic acids is 2. The van der Waals surface area contributed by atoms with Crippen molar-refractivity contribution in [3.63, 3.8) is 0 Å². The van der Waals surface area contributed by atoms with Gasteiger partial charge in [0, 0.05) is 18.6 Å². The predicted molar refractivity (Wildman–Crippen MR) is 97.3 cm³/mol. The Morgan fingerprint density at radius 3 is 2.36 bits per heavy atom. The first-order valence-corrected chi connectivity index (χ1v) is 8.79. The molecule has 2 amide bonds. The molecule has 1 aliphatic rings. The predicted octanol–water partition coefficient (Wildman–Crippen LogP) is 1.64. The number of hydrogen-bond donors (Lipinski definition) is 1. The topological polar surface area (TPSA) is 61.9 Å². The monoisotopic (exact) mass is 347 g/mol. The molecule has 0 heterocycles. The highest BCUT2D eigenvalue weighted by molar-refractivity contribution is 5.81. The van der Waals surface area contributed by atoms with E-state index in [1.807, 2.05) is 43.0 Å². The Balaban J connectivity index is 1.90. The minimum absolute atomic E-state index is 0.0570. The van der Waals surface area contributed by atoms with Crippen molar-refractivity contribution in [1.82, 2.24) is 15.1 Å². The van der Waals surface area contributed by atoms with Gasteiger partial charge in [-0.3, -0.25) is 14.5 Å². The minimum atomic E-state index is -0.0570. The first kappa shape index (κ1) is 19.2. The van der Waals surface area contributed by atoms with Gasteiger partial charge in [0.1, 0.15) is 5.75 Å². The summed E-state index contributed by atoms with van der Waals surface area (Å²) in [6, 6.07) is 8.23. The van der Waals surface area contributed by atoms with Crippen molar-refractivity contribution in [3.05, 3.63) is 29.8 Å². The van der Waals surface area contributed by atoms with Crippen LogP contribution in [0.5, 0.6) is 5.75 Å². The van der Waals surface area contributed by atoms with Crippen LogP contribution in [0, 0.1) is 0 Å². The van der Waals surface area contributed by atoms with E-state index in [9.17, 15) is 9.59 Å². The largest absolute Gasteiger partial charge is 0.497 e. The molecule has 6 heteroatoms. The van der Waals surface area contributed by atoms with Gasteiger partial charge >= 0.3 is 0 Å². The molecule has 6 nitrogen and oxygen atoms in total. The maximum Gasteiger partial charge on any atom is 0.237 e. The van der Waals surface area contributed by atoms with Crippen molar-refractivity contribution in [2.75, 3.05) is 27.2 Å². The molecule has 1 saturated carbocycles. The van der Waals surface area contributed by atoms with E-state index >= 15 is 0 Å². The van der Waals surface area contributed by atoms with Gasteiger partial charge in [0.25, 0.3) is 0 Å². The first-order valence-electron chi connectivity index (χ1n) is 8.79. The van der Waals surface area contributed by atoms with E-state index in [0.717, 1.165) is 24.2 Å². The fourth-order valence-electron chi connectivity index (χ4n) is 2.73. The molecule has 25 heavy (non-hydrogen) atoms. The third-order valence-electron chi connectivity index (χ3n) is 4.09. The van der Waals surface area contributed by atoms with Crippen LogP contribution in [0.25, 0.3) is 0 Å². The maximum atomic E-state index is 12.7. The number of methoxy groups -OCH3 is 1. The molecule has 2 rings (SSSR count). The highest BCUT2D eigenvalue weighted by Crippen LogP contribution is 2.28. The van der Waals surface area contributed by atoms with Gasteiger partial charge in [0.2, 0.25) is 11.8 Å². The van der Waals surface area contributed by atoms with E-state index < -0.39 is 0 Å². The lowest BCUT2D eigenvalue weighted by Gasteiger charge is -2.25. The van der Waals surface area contributed by atoms with Crippen LogP contribution >= 0.6 is 0 Å². The second-order valence-electron chi connectivity index (χ2n) is 7.00. The van der Waals surface area contributed by atoms with Crippen LogP contribution in [-0.4, -0.2) is 60.9 Å². The maximum absolute atomic E-state index is 12.7. The van der Waals surface area contributed by atoms with Crippen molar-refractivity contribution in [1.29, 1.82) is 0 Å². The second-order valence-corrected chi connectivity index (χ2v) is 7.00. The lowest BCUT2D eigenvalue weighted by molar-refractivity contribution is -0.133. The van der Waals surface area contributed by atoms with Crippen LogP contribution in [0.4, 0.5) is 0 Å². The molecule has 0 saturated heterocycles. The van der Waals surface area contributed by atoms with Crippen LogP contribution in [0.1, 0.15) is 32.3 Å². The van der Waals surface area contributed by atoms with Gasteiger partial charge in [0.05, 0.1) is 20.2 Å². The zero-order valence-electron chi connectivity index (χ0n) is 15.6. The summed E-state index contributed by atoms with van der Waals surface area (Å²) < 4.78 is 5.17. The summed E-state index contributed by atoms with van der Waals surface area (Å²) >= 11 is 0. The number of carbonyl (C=O) groups is 2. The number of hydrogen-bond acceptors (Lipinski definition) is 4. The summed E-state index contributed by atoms with van der Waals surface area (Å²) in [5.41, 5.74) is 1.08. The lowest BCUT2D eigenvalue weighted by Crippen LogP contribution is -2.44. The highest BCUT2D eigenvalue weighted by Gasteiger charge is 2.32. The fourth-order valence-corrected chi connectivity index (χ4v) is 2.73. The quantitative estimate of drug-likeness (QED) is 0.738. The van der Waals surface area contributed by atoms with Crippen molar-refractivity contribution < 1.29 is 14.3 Å². The summed E-state index contributed by atoms with van der Waals surface area (Å²) in [6.07, 6.45) is 2.11. The van der Waals surface area contributed by atoms with Gasteiger partial charge in [0.15, 0.2) is 0 Å². The van der Waals surface area contributed by atoms with Crippen molar-refractivity contribution in [2.24, 2.45) is 0 Å². The molecular weight excluding hydrogens is 318 g/mol. The smallest absolute Gasteiger partial charge is 0.237 e. The van der Waals surface area contributed by atoms with Crippen LogP contribution in [0.2, 0.25) is 0 Å². The van der Waals surface area contributed by atoms with Crippen LogP contribution in [0.15, 0.2) is 24.3 Å². The average Bonchev–Trinajstić information content (AvgIpc) is 3.36. The normalized spacial score (nSPS) is 13.8. The summed E-state index contributed by atoms with van der Waals surface area (Å²) in [6.45, 7) is 4.92. The van der Waals surface area contributed by atoms with Crippen LogP contribution in [-0.2, 0) is 16.1 Å². The number of likely N-dealkylation sites (N-methyl/N-ethyl adjacent to an activating group) is 1. The van der Waals surface area contributed by atoms with Crippen molar-refractivity contribution >= 4 is 11.8 Å². The molecule has 138 valence electrons. The van der Waals surface area contributed by atoms with Gasteiger partial charge in [-0.1, -0.05) is 12.1 Å². The van der Waals surface area contributed by atoms with Crippen molar-refractivity contribution in [2.45, 2.75) is 45.3 Å². The zero-order valence-corrected chi connectivity index (χ0v) is 15.6. The van der Waals surface area contributed by atoms with E-state index in [4.69, 9.17) is 4.74 Å². The summed E-state index contributed by atoms with van der Waals surface area (Å²) in [4.78, 5) is 28.2. The van der Waals surface area contributed by atoms with Gasteiger partial charge in [-0.05, 0) is 51.4 Å². The molecule has 1 fully saturated rings. The Bertz CT molecular complexity index is 582. The zero-order chi connectivity index (χ0) is 18.4. The molecule has 0 bridgehead atoms. The van der Waals surface area contributed by atoms with E-state index in [1.165, 1.54) is 0 Å². The Hall–Kier alpha value is -2.08. The highest BCUT2D eigenvalue weighted by atomic mass is 16.5. The van der Waals surface area contributed by atoms with Gasteiger partial charge in [-0.15, -0.1) is 0 Å². The Kier molecular flexibility index (Phi) is 6.82. The SMILES string of the molecule is COc1ccc(CN(C(=O)CN(C)CC(=O)NC(C)C)C2CC2)cc1. The van der Waals surface area contributed by atoms with Gasteiger partial charge in [-0.2, -0.15) is 0 Å².